The number of nitrogens with zero attached hydrogens (tertiary/aromatic N) is 2. The highest BCUT2D eigenvalue weighted by molar-refractivity contribution is 5.79. The Labute approximate surface area is 125 Å². The third-order valence-electron chi connectivity index (χ3n) is 4.19. The number of hydrogen-bond donors (Lipinski definition) is 1. The Morgan fingerprint density at radius 2 is 2.19 bits per heavy atom. The molecule has 2 atom stereocenters. The molecule has 0 saturated carbocycles. The summed E-state index contributed by atoms with van der Waals surface area (Å²) in [5.41, 5.74) is 1.65. The molecular weight excluding hydrogens is 270 g/mol. The van der Waals surface area contributed by atoms with Gasteiger partial charge in [0.25, 0.3) is 0 Å². The predicted molar refractivity (Wildman–Crippen MR) is 79.1 cm³/mol. The maximum absolute atomic E-state index is 12.3. The molecule has 21 heavy (non-hydrogen) atoms. The van der Waals surface area contributed by atoms with Crippen LogP contribution in [-0.4, -0.2) is 54.4 Å². The third kappa shape index (κ3) is 3.63. The molecule has 118 valence electrons. The van der Waals surface area contributed by atoms with Gasteiger partial charge in [-0.3, -0.25) is 9.69 Å². The van der Waals surface area contributed by atoms with Crippen molar-refractivity contribution in [3.05, 3.63) is 17.0 Å². The minimum Gasteiger partial charge on any atom is -0.378 e. The summed E-state index contributed by atoms with van der Waals surface area (Å²) in [7, 11) is 1.70. The van der Waals surface area contributed by atoms with Gasteiger partial charge in [-0.05, 0) is 27.7 Å². The molecule has 6 nitrogen and oxygen atoms in total. The van der Waals surface area contributed by atoms with Crippen molar-refractivity contribution in [1.29, 1.82) is 0 Å². The molecule has 2 heterocycles. The minimum absolute atomic E-state index is 0.0120. The summed E-state index contributed by atoms with van der Waals surface area (Å²) in [6.07, 6.45) is 0.344. The van der Waals surface area contributed by atoms with E-state index in [1.165, 1.54) is 0 Å². The quantitative estimate of drug-likeness (QED) is 0.879. The van der Waals surface area contributed by atoms with E-state index < -0.39 is 0 Å². The van der Waals surface area contributed by atoms with E-state index in [-0.39, 0.29) is 18.1 Å². The lowest BCUT2D eigenvalue weighted by atomic mass is 10.1. The molecule has 0 aromatic carbocycles. The van der Waals surface area contributed by atoms with Gasteiger partial charge in [0, 0.05) is 31.8 Å². The zero-order valence-corrected chi connectivity index (χ0v) is 13.5. The maximum Gasteiger partial charge on any atom is 0.224 e. The zero-order valence-electron chi connectivity index (χ0n) is 13.5. The third-order valence-corrected chi connectivity index (χ3v) is 4.19. The number of ether oxygens (including phenoxy) is 1. The first-order valence-corrected chi connectivity index (χ1v) is 7.40. The Hall–Kier alpha value is -1.40. The van der Waals surface area contributed by atoms with Crippen LogP contribution in [0.3, 0.4) is 0 Å². The summed E-state index contributed by atoms with van der Waals surface area (Å²) >= 11 is 0. The van der Waals surface area contributed by atoms with Gasteiger partial charge in [0.05, 0.1) is 24.3 Å². The van der Waals surface area contributed by atoms with Crippen LogP contribution in [0.25, 0.3) is 0 Å². The molecule has 0 aliphatic carbocycles. The van der Waals surface area contributed by atoms with Crippen molar-refractivity contribution in [3.63, 3.8) is 0 Å². The Morgan fingerprint density at radius 1 is 1.48 bits per heavy atom. The van der Waals surface area contributed by atoms with Crippen molar-refractivity contribution in [2.75, 3.05) is 20.2 Å². The van der Waals surface area contributed by atoms with Crippen LogP contribution in [0.15, 0.2) is 4.52 Å². The van der Waals surface area contributed by atoms with Gasteiger partial charge in [-0.2, -0.15) is 0 Å². The lowest BCUT2D eigenvalue weighted by Gasteiger charge is -2.20. The second-order valence-electron chi connectivity index (χ2n) is 5.98. The van der Waals surface area contributed by atoms with Gasteiger partial charge in [0.1, 0.15) is 5.76 Å². The predicted octanol–water partition coefficient (Wildman–Crippen LogP) is 1.06. The van der Waals surface area contributed by atoms with Crippen LogP contribution < -0.4 is 5.32 Å². The lowest BCUT2D eigenvalue weighted by Crippen LogP contribution is -2.44. The Kier molecular flexibility index (Phi) is 5.00. The van der Waals surface area contributed by atoms with Gasteiger partial charge in [0.15, 0.2) is 0 Å². The second kappa shape index (κ2) is 6.58. The van der Waals surface area contributed by atoms with E-state index in [0.717, 1.165) is 24.3 Å². The molecule has 2 rings (SSSR count). The first kappa shape index (κ1) is 16.0. The normalized spacial score (nSPS) is 23.0. The number of amides is 1. The first-order chi connectivity index (χ1) is 9.92. The number of likely N-dealkylation sites (tertiary alicyclic amines) is 1. The van der Waals surface area contributed by atoms with E-state index in [0.29, 0.717) is 18.2 Å². The van der Waals surface area contributed by atoms with Crippen molar-refractivity contribution < 1.29 is 14.1 Å². The molecule has 1 aromatic heterocycles. The molecule has 1 amide bonds. The van der Waals surface area contributed by atoms with Crippen molar-refractivity contribution in [1.82, 2.24) is 15.4 Å². The van der Waals surface area contributed by atoms with Gasteiger partial charge >= 0.3 is 0 Å². The summed E-state index contributed by atoms with van der Waals surface area (Å²) in [6, 6.07) is 0.484. The highest BCUT2D eigenvalue weighted by Gasteiger charge is 2.35. The largest absolute Gasteiger partial charge is 0.378 e. The molecule has 1 aliphatic heterocycles. The second-order valence-corrected chi connectivity index (χ2v) is 5.98. The smallest absolute Gasteiger partial charge is 0.224 e. The lowest BCUT2D eigenvalue weighted by molar-refractivity contribution is -0.121. The summed E-state index contributed by atoms with van der Waals surface area (Å²) in [5.74, 6) is 0.697. The Bertz CT molecular complexity index is 479. The van der Waals surface area contributed by atoms with Crippen LogP contribution in [0, 0.1) is 13.8 Å². The van der Waals surface area contributed by atoms with Crippen molar-refractivity contribution in [2.24, 2.45) is 0 Å². The molecule has 1 N–H and O–H groups in total. The number of aryl methyl sites for hydroxylation is 2. The fourth-order valence-corrected chi connectivity index (χ4v) is 2.77. The minimum atomic E-state index is -0.0120. The first-order valence-electron chi connectivity index (χ1n) is 7.40. The van der Waals surface area contributed by atoms with Crippen LogP contribution in [0.1, 0.15) is 30.9 Å². The molecule has 6 heteroatoms. The number of carbonyl (C=O) groups is 1. The van der Waals surface area contributed by atoms with E-state index in [1.54, 1.807) is 7.11 Å². The fourth-order valence-electron chi connectivity index (χ4n) is 2.77. The molecule has 0 unspecified atom stereocenters. The van der Waals surface area contributed by atoms with Gasteiger partial charge in [-0.15, -0.1) is 0 Å². The standard InChI is InChI=1S/C15H25N3O3/c1-9(2)18-7-13(14(8-18)20-5)16-15(19)6-12-10(3)17-21-11(12)4/h9,13-14H,6-8H2,1-5H3,(H,16,19)/t13-,14-/m1/s1. The van der Waals surface area contributed by atoms with Crippen molar-refractivity contribution in [3.8, 4) is 0 Å². The van der Waals surface area contributed by atoms with Crippen LogP contribution in [0.4, 0.5) is 0 Å². The molecular formula is C15H25N3O3. The highest BCUT2D eigenvalue weighted by Crippen LogP contribution is 2.17. The van der Waals surface area contributed by atoms with E-state index >= 15 is 0 Å². The molecule has 1 aromatic rings. The summed E-state index contributed by atoms with van der Waals surface area (Å²) in [4.78, 5) is 14.6. The van der Waals surface area contributed by atoms with E-state index in [4.69, 9.17) is 9.26 Å². The van der Waals surface area contributed by atoms with Crippen LogP contribution in [0.5, 0.6) is 0 Å². The van der Waals surface area contributed by atoms with E-state index in [1.807, 2.05) is 13.8 Å². The monoisotopic (exact) mass is 295 g/mol. The number of aromatic nitrogens is 1. The van der Waals surface area contributed by atoms with Gasteiger partial charge in [-0.25, -0.2) is 0 Å². The number of rotatable bonds is 5. The fraction of sp³-hybridized carbons (Fsp3) is 0.733. The molecule has 0 spiro atoms. The topological polar surface area (TPSA) is 67.6 Å². The van der Waals surface area contributed by atoms with Crippen molar-refractivity contribution >= 4 is 5.91 Å². The Balaban J connectivity index is 1.96. The average Bonchev–Trinajstić information content (AvgIpc) is 2.97. The molecule has 1 fully saturated rings. The van der Waals surface area contributed by atoms with E-state index in [2.05, 4.69) is 29.2 Å². The maximum atomic E-state index is 12.3. The van der Waals surface area contributed by atoms with Gasteiger partial charge in [0.2, 0.25) is 5.91 Å². The molecule has 1 aliphatic rings. The average molecular weight is 295 g/mol. The molecule has 1 saturated heterocycles. The number of carbonyl (C=O) groups excluding carboxylic acids is 1. The van der Waals surface area contributed by atoms with Gasteiger partial charge < -0.3 is 14.6 Å². The number of methoxy groups -OCH3 is 1. The van der Waals surface area contributed by atoms with Crippen molar-refractivity contribution in [2.45, 2.75) is 52.3 Å². The van der Waals surface area contributed by atoms with E-state index in [9.17, 15) is 4.79 Å². The molecule has 0 bridgehead atoms. The van der Waals surface area contributed by atoms with Crippen LogP contribution in [0.2, 0.25) is 0 Å². The Morgan fingerprint density at radius 3 is 2.71 bits per heavy atom. The number of nitrogens with one attached hydrogen (secondary N) is 1. The summed E-state index contributed by atoms with van der Waals surface area (Å²) < 4.78 is 10.6. The summed E-state index contributed by atoms with van der Waals surface area (Å²) in [5, 5.41) is 6.96. The SMILES string of the molecule is CO[C@@H]1CN(C(C)C)C[C@H]1NC(=O)Cc1c(C)noc1C. The van der Waals surface area contributed by atoms with Gasteiger partial charge in [-0.1, -0.05) is 5.16 Å². The molecule has 0 radical (unpaired) electrons. The summed E-state index contributed by atoms with van der Waals surface area (Å²) in [6.45, 7) is 9.67. The number of hydrogen-bond acceptors (Lipinski definition) is 5. The van der Waals surface area contributed by atoms with Crippen LogP contribution in [-0.2, 0) is 16.0 Å². The van der Waals surface area contributed by atoms with Crippen LogP contribution >= 0.6 is 0 Å². The highest BCUT2D eigenvalue weighted by atomic mass is 16.5. The zero-order chi connectivity index (χ0) is 15.6.